The first-order valence-electron chi connectivity index (χ1n) is 5.03. The second-order valence-electron chi connectivity index (χ2n) is 3.82. The van der Waals surface area contributed by atoms with Crippen LogP contribution < -0.4 is 11.1 Å². The van der Waals surface area contributed by atoms with Gasteiger partial charge in [0.1, 0.15) is 0 Å². The molecule has 0 aliphatic heterocycles. The maximum atomic E-state index is 5.88. The summed E-state index contributed by atoms with van der Waals surface area (Å²) in [5.74, 6) is 0. The molecule has 15 heavy (non-hydrogen) atoms. The van der Waals surface area contributed by atoms with E-state index in [-0.39, 0.29) is 0 Å². The first kappa shape index (κ1) is 12.1. The number of benzene rings is 1. The van der Waals surface area contributed by atoms with Gasteiger partial charge in [0.25, 0.3) is 0 Å². The fourth-order valence-corrected chi connectivity index (χ4v) is 1.47. The molecule has 3 N–H and O–H groups in total. The van der Waals surface area contributed by atoms with Gasteiger partial charge in [0.2, 0.25) is 0 Å². The summed E-state index contributed by atoms with van der Waals surface area (Å²) in [6.07, 6.45) is 1.08. The number of nitrogens with two attached hydrogens (primary N) is 1. The normalized spacial score (nSPS) is 10.7. The lowest BCUT2D eigenvalue weighted by Crippen LogP contribution is -2.16. The molecule has 0 fully saturated rings. The first-order chi connectivity index (χ1) is 7.09. The van der Waals surface area contributed by atoms with Crippen molar-refractivity contribution < 1.29 is 0 Å². The van der Waals surface area contributed by atoms with E-state index in [4.69, 9.17) is 17.3 Å². The lowest BCUT2D eigenvalue weighted by molar-refractivity contribution is 0.405. The van der Waals surface area contributed by atoms with Gasteiger partial charge in [-0.15, -0.1) is 0 Å². The maximum absolute atomic E-state index is 5.88. The van der Waals surface area contributed by atoms with E-state index in [0.717, 1.165) is 30.9 Å². The fraction of sp³-hybridized carbons (Fsp3) is 0.455. The minimum atomic E-state index is 0.708. The van der Waals surface area contributed by atoms with Crippen LogP contribution in [0.1, 0.15) is 6.42 Å². The predicted molar refractivity (Wildman–Crippen MR) is 67.5 cm³/mol. The number of nitrogen functional groups attached to an aromatic ring is 1. The average Bonchev–Trinajstić information content (AvgIpc) is 2.17. The number of hydrogen-bond acceptors (Lipinski definition) is 3. The van der Waals surface area contributed by atoms with E-state index in [0.29, 0.717) is 5.02 Å². The lowest BCUT2D eigenvalue weighted by atomic mass is 10.2. The minimum absolute atomic E-state index is 0.708. The molecule has 0 atom stereocenters. The highest BCUT2D eigenvalue weighted by Crippen LogP contribution is 2.22. The highest BCUT2D eigenvalue weighted by atomic mass is 35.5. The quantitative estimate of drug-likeness (QED) is 0.599. The van der Waals surface area contributed by atoms with Crippen LogP contribution in [0.5, 0.6) is 0 Å². The number of hydrogen-bond donors (Lipinski definition) is 2. The average molecular weight is 228 g/mol. The zero-order chi connectivity index (χ0) is 11.3. The van der Waals surface area contributed by atoms with Gasteiger partial charge in [-0.05, 0) is 45.3 Å². The van der Waals surface area contributed by atoms with Crippen LogP contribution in [0.15, 0.2) is 18.2 Å². The van der Waals surface area contributed by atoms with Gasteiger partial charge in [-0.1, -0.05) is 11.6 Å². The zero-order valence-electron chi connectivity index (χ0n) is 9.26. The molecular formula is C11H18ClN3. The number of nitrogens with zero attached hydrogens (tertiary/aromatic N) is 1. The van der Waals surface area contributed by atoms with Gasteiger partial charge in [0.05, 0.1) is 11.4 Å². The van der Waals surface area contributed by atoms with Crippen LogP contribution in [0.4, 0.5) is 11.4 Å². The zero-order valence-corrected chi connectivity index (χ0v) is 10.0. The summed E-state index contributed by atoms with van der Waals surface area (Å²) in [6.45, 7) is 1.97. The summed E-state index contributed by atoms with van der Waals surface area (Å²) >= 11 is 5.88. The maximum Gasteiger partial charge on any atom is 0.0588 e. The Labute approximate surface area is 96.2 Å². The van der Waals surface area contributed by atoms with Crippen LogP contribution >= 0.6 is 11.6 Å². The number of rotatable bonds is 5. The minimum Gasteiger partial charge on any atom is -0.397 e. The molecule has 0 aromatic heterocycles. The topological polar surface area (TPSA) is 41.3 Å². The third-order valence-corrected chi connectivity index (χ3v) is 2.35. The summed E-state index contributed by atoms with van der Waals surface area (Å²) in [5, 5.41) is 3.98. The molecule has 0 aliphatic rings. The van der Waals surface area contributed by atoms with Crippen LogP contribution in [0.3, 0.4) is 0 Å². The van der Waals surface area contributed by atoms with E-state index in [1.165, 1.54) is 0 Å². The molecule has 0 bridgehead atoms. The van der Waals surface area contributed by atoms with Crippen molar-refractivity contribution in [2.45, 2.75) is 6.42 Å². The molecule has 0 radical (unpaired) electrons. The third kappa shape index (κ3) is 4.40. The number of anilines is 2. The van der Waals surface area contributed by atoms with Gasteiger partial charge >= 0.3 is 0 Å². The van der Waals surface area contributed by atoms with Gasteiger partial charge in [-0.2, -0.15) is 0 Å². The van der Waals surface area contributed by atoms with E-state index >= 15 is 0 Å². The fourth-order valence-electron chi connectivity index (χ4n) is 1.30. The molecule has 84 valence electrons. The van der Waals surface area contributed by atoms with E-state index in [1.807, 2.05) is 12.1 Å². The van der Waals surface area contributed by atoms with Crippen molar-refractivity contribution in [2.75, 3.05) is 38.2 Å². The second-order valence-corrected chi connectivity index (χ2v) is 4.25. The molecule has 1 aromatic carbocycles. The van der Waals surface area contributed by atoms with Crippen molar-refractivity contribution in [1.82, 2.24) is 4.90 Å². The molecular weight excluding hydrogens is 210 g/mol. The highest BCUT2D eigenvalue weighted by Gasteiger charge is 1.99. The third-order valence-electron chi connectivity index (χ3n) is 2.11. The Balaban J connectivity index is 2.40. The van der Waals surface area contributed by atoms with Crippen molar-refractivity contribution in [1.29, 1.82) is 0 Å². The predicted octanol–water partition coefficient (Wildman–Crippen LogP) is 2.29. The molecule has 4 heteroatoms. The Bertz CT molecular complexity index is 313. The van der Waals surface area contributed by atoms with Crippen molar-refractivity contribution in [3.05, 3.63) is 23.2 Å². The Hall–Kier alpha value is -0.930. The highest BCUT2D eigenvalue weighted by molar-refractivity contribution is 6.31. The molecule has 0 unspecified atom stereocenters. The van der Waals surface area contributed by atoms with Gasteiger partial charge in [-0.25, -0.2) is 0 Å². The van der Waals surface area contributed by atoms with Crippen LogP contribution in [0, 0.1) is 0 Å². The van der Waals surface area contributed by atoms with Crippen LogP contribution in [0.2, 0.25) is 5.02 Å². The Morgan fingerprint density at radius 2 is 2.13 bits per heavy atom. The van der Waals surface area contributed by atoms with Crippen LogP contribution in [-0.4, -0.2) is 32.1 Å². The molecule has 0 spiro atoms. The monoisotopic (exact) mass is 227 g/mol. The van der Waals surface area contributed by atoms with Crippen LogP contribution in [0.25, 0.3) is 0 Å². The molecule has 3 nitrogen and oxygen atoms in total. The summed E-state index contributed by atoms with van der Waals surface area (Å²) in [6, 6.07) is 5.46. The molecule has 1 rings (SSSR count). The Morgan fingerprint density at radius 3 is 2.80 bits per heavy atom. The van der Waals surface area contributed by atoms with Crippen molar-refractivity contribution in [3.8, 4) is 0 Å². The largest absolute Gasteiger partial charge is 0.397 e. The van der Waals surface area contributed by atoms with Gasteiger partial charge in [0, 0.05) is 11.6 Å². The SMILES string of the molecule is CN(C)CCCNc1cc(Cl)ccc1N. The van der Waals surface area contributed by atoms with E-state index in [1.54, 1.807) is 6.07 Å². The van der Waals surface area contributed by atoms with Gasteiger partial charge in [-0.3, -0.25) is 0 Å². The first-order valence-corrected chi connectivity index (χ1v) is 5.41. The molecule has 0 amide bonds. The van der Waals surface area contributed by atoms with Crippen molar-refractivity contribution in [3.63, 3.8) is 0 Å². The van der Waals surface area contributed by atoms with Crippen molar-refractivity contribution in [2.24, 2.45) is 0 Å². The molecule has 0 heterocycles. The molecule has 0 saturated heterocycles. The summed E-state index contributed by atoms with van der Waals surface area (Å²) in [5.41, 5.74) is 7.46. The standard InChI is InChI=1S/C11H18ClN3/c1-15(2)7-3-6-14-11-8-9(12)4-5-10(11)13/h4-5,8,14H,3,6-7,13H2,1-2H3. The van der Waals surface area contributed by atoms with Crippen LogP contribution in [-0.2, 0) is 0 Å². The van der Waals surface area contributed by atoms with E-state index in [9.17, 15) is 0 Å². The summed E-state index contributed by atoms with van der Waals surface area (Å²) in [7, 11) is 4.13. The lowest BCUT2D eigenvalue weighted by Gasteiger charge is -2.12. The smallest absolute Gasteiger partial charge is 0.0588 e. The number of halogens is 1. The van der Waals surface area contributed by atoms with Gasteiger partial charge < -0.3 is 16.0 Å². The Kier molecular flexibility index (Phi) is 4.72. The number of nitrogens with one attached hydrogen (secondary N) is 1. The molecule has 0 saturated carbocycles. The molecule has 1 aromatic rings. The Morgan fingerprint density at radius 1 is 1.40 bits per heavy atom. The van der Waals surface area contributed by atoms with E-state index < -0.39 is 0 Å². The second kappa shape index (κ2) is 5.83. The van der Waals surface area contributed by atoms with Gasteiger partial charge in [0.15, 0.2) is 0 Å². The van der Waals surface area contributed by atoms with Crippen molar-refractivity contribution >= 4 is 23.0 Å². The molecule has 0 aliphatic carbocycles. The summed E-state index contributed by atoms with van der Waals surface area (Å²) in [4.78, 5) is 2.16. The van der Waals surface area contributed by atoms with E-state index in [2.05, 4.69) is 24.3 Å². The summed E-state index contributed by atoms with van der Waals surface area (Å²) < 4.78 is 0.